The van der Waals surface area contributed by atoms with E-state index in [0.29, 0.717) is 6.54 Å². The summed E-state index contributed by atoms with van der Waals surface area (Å²) in [7, 11) is 0. The monoisotopic (exact) mass is 206 g/mol. The zero-order valence-corrected chi connectivity index (χ0v) is 8.68. The Morgan fingerprint density at radius 2 is 2.47 bits per heavy atom. The van der Waals surface area contributed by atoms with E-state index in [0.717, 1.165) is 24.5 Å². The summed E-state index contributed by atoms with van der Waals surface area (Å²) in [6, 6.07) is 3.85. The highest BCUT2D eigenvalue weighted by atomic mass is 16.5. The molecular formula is C10H14N4O. The largest absolute Gasteiger partial charge is 0.360 e. The number of nitrogens with zero attached hydrogens (tertiary/aromatic N) is 3. The highest BCUT2D eigenvalue weighted by Crippen LogP contribution is 2.00. The van der Waals surface area contributed by atoms with E-state index in [9.17, 15) is 0 Å². The maximum atomic E-state index is 5.07. The van der Waals surface area contributed by atoms with Crippen molar-refractivity contribution in [1.82, 2.24) is 20.3 Å². The molecule has 2 aromatic heterocycles. The first-order valence-corrected chi connectivity index (χ1v) is 4.95. The van der Waals surface area contributed by atoms with Crippen LogP contribution in [0.15, 0.2) is 29.0 Å². The Morgan fingerprint density at radius 3 is 3.13 bits per heavy atom. The van der Waals surface area contributed by atoms with E-state index in [1.807, 2.05) is 29.9 Å². The standard InChI is InChI=1S/C10H14N4O/c1-9-7-10(15-13-9)8-11-4-6-14-5-2-3-12-14/h2-3,5,7,11H,4,6,8H2,1H3. The van der Waals surface area contributed by atoms with Crippen LogP contribution >= 0.6 is 0 Å². The summed E-state index contributed by atoms with van der Waals surface area (Å²) >= 11 is 0. The molecule has 0 spiro atoms. The average Bonchev–Trinajstić information content (AvgIpc) is 2.84. The highest BCUT2D eigenvalue weighted by molar-refractivity contribution is 5.02. The second kappa shape index (κ2) is 4.75. The summed E-state index contributed by atoms with van der Waals surface area (Å²) in [5, 5.41) is 11.2. The van der Waals surface area contributed by atoms with Crippen molar-refractivity contribution in [2.75, 3.05) is 6.54 Å². The topological polar surface area (TPSA) is 55.9 Å². The van der Waals surface area contributed by atoms with E-state index in [4.69, 9.17) is 4.52 Å². The van der Waals surface area contributed by atoms with E-state index in [-0.39, 0.29) is 0 Å². The van der Waals surface area contributed by atoms with Gasteiger partial charge in [-0.3, -0.25) is 4.68 Å². The SMILES string of the molecule is Cc1cc(CNCCn2cccn2)on1. The second-order valence-corrected chi connectivity index (χ2v) is 3.38. The van der Waals surface area contributed by atoms with E-state index in [1.165, 1.54) is 0 Å². The molecule has 0 aromatic carbocycles. The first-order chi connectivity index (χ1) is 7.34. The van der Waals surface area contributed by atoms with Crippen LogP contribution in [-0.2, 0) is 13.1 Å². The van der Waals surface area contributed by atoms with Gasteiger partial charge in [-0.05, 0) is 13.0 Å². The lowest BCUT2D eigenvalue weighted by Crippen LogP contribution is -2.19. The molecule has 0 amide bonds. The fourth-order valence-electron chi connectivity index (χ4n) is 1.34. The third kappa shape index (κ3) is 2.92. The molecule has 0 unspecified atom stereocenters. The van der Waals surface area contributed by atoms with Gasteiger partial charge in [0.25, 0.3) is 0 Å². The van der Waals surface area contributed by atoms with E-state index in [1.54, 1.807) is 6.20 Å². The summed E-state index contributed by atoms with van der Waals surface area (Å²) < 4.78 is 6.95. The van der Waals surface area contributed by atoms with Crippen LogP contribution in [-0.4, -0.2) is 21.5 Å². The molecule has 1 N–H and O–H groups in total. The number of nitrogens with one attached hydrogen (secondary N) is 1. The van der Waals surface area contributed by atoms with Crippen molar-refractivity contribution in [3.63, 3.8) is 0 Å². The predicted octanol–water partition coefficient (Wildman–Crippen LogP) is 0.969. The van der Waals surface area contributed by atoms with Crippen molar-refractivity contribution >= 4 is 0 Å². The molecule has 2 rings (SSSR count). The molecule has 80 valence electrons. The molecular weight excluding hydrogens is 192 g/mol. The predicted molar refractivity (Wildman–Crippen MR) is 55.2 cm³/mol. The number of hydrogen-bond donors (Lipinski definition) is 1. The first-order valence-electron chi connectivity index (χ1n) is 4.95. The minimum absolute atomic E-state index is 0.710. The lowest BCUT2D eigenvalue weighted by Gasteiger charge is -2.02. The molecule has 0 fully saturated rings. The second-order valence-electron chi connectivity index (χ2n) is 3.38. The van der Waals surface area contributed by atoms with Gasteiger partial charge in [0, 0.05) is 25.0 Å². The summed E-state index contributed by atoms with van der Waals surface area (Å²) in [4.78, 5) is 0. The Bertz CT molecular complexity index is 393. The Morgan fingerprint density at radius 1 is 1.53 bits per heavy atom. The van der Waals surface area contributed by atoms with Gasteiger partial charge in [0.05, 0.1) is 18.8 Å². The van der Waals surface area contributed by atoms with Crippen LogP contribution in [0.1, 0.15) is 11.5 Å². The molecule has 0 atom stereocenters. The molecule has 0 aliphatic heterocycles. The van der Waals surface area contributed by atoms with E-state index >= 15 is 0 Å². The normalized spacial score (nSPS) is 10.7. The van der Waals surface area contributed by atoms with Crippen molar-refractivity contribution in [1.29, 1.82) is 0 Å². The van der Waals surface area contributed by atoms with Crippen LogP contribution in [0.4, 0.5) is 0 Å². The van der Waals surface area contributed by atoms with Crippen LogP contribution < -0.4 is 5.32 Å². The van der Waals surface area contributed by atoms with Gasteiger partial charge in [-0.15, -0.1) is 0 Å². The minimum atomic E-state index is 0.710. The average molecular weight is 206 g/mol. The summed E-state index contributed by atoms with van der Waals surface area (Å²) in [5.74, 6) is 0.868. The summed E-state index contributed by atoms with van der Waals surface area (Å²) in [6.07, 6.45) is 3.72. The van der Waals surface area contributed by atoms with Crippen LogP contribution in [0.2, 0.25) is 0 Å². The first kappa shape index (κ1) is 9.92. The zero-order chi connectivity index (χ0) is 10.5. The van der Waals surface area contributed by atoms with Crippen molar-refractivity contribution < 1.29 is 4.52 Å². The van der Waals surface area contributed by atoms with Gasteiger partial charge in [-0.2, -0.15) is 5.10 Å². The molecule has 5 nitrogen and oxygen atoms in total. The molecule has 0 bridgehead atoms. The van der Waals surface area contributed by atoms with Crippen molar-refractivity contribution in [2.45, 2.75) is 20.0 Å². The van der Waals surface area contributed by atoms with Crippen LogP contribution in [0.3, 0.4) is 0 Å². The number of aromatic nitrogens is 3. The zero-order valence-electron chi connectivity index (χ0n) is 8.68. The number of aryl methyl sites for hydroxylation is 1. The van der Waals surface area contributed by atoms with Crippen molar-refractivity contribution in [3.05, 3.63) is 36.0 Å². The Hall–Kier alpha value is -1.62. The van der Waals surface area contributed by atoms with E-state index < -0.39 is 0 Å². The maximum Gasteiger partial charge on any atom is 0.150 e. The number of rotatable bonds is 5. The Kier molecular flexibility index (Phi) is 3.14. The van der Waals surface area contributed by atoms with Crippen LogP contribution in [0, 0.1) is 6.92 Å². The fourth-order valence-corrected chi connectivity index (χ4v) is 1.34. The van der Waals surface area contributed by atoms with Crippen LogP contribution in [0.25, 0.3) is 0 Å². The summed E-state index contributed by atoms with van der Waals surface area (Å²) in [6.45, 7) is 4.35. The van der Waals surface area contributed by atoms with Gasteiger partial charge in [0.1, 0.15) is 0 Å². The molecule has 5 heteroatoms. The van der Waals surface area contributed by atoms with Gasteiger partial charge < -0.3 is 9.84 Å². The van der Waals surface area contributed by atoms with Crippen molar-refractivity contribution in [3.8, 4) is 0 Å². The third-order valence-electron chi connectivity index (χ3n) is 2.05. The fraction of sp³-hybridized carbons (Fsp3) is 0.400. The molecule has 0 saturated heterocycles. The van der Waals surface area contributed by atoms with Gasteiger partial charge in [-0.25, -0.2) is 0 Å². The van der Waals surface area contributed by atoms with Crippen molar-refractivity contribution in [2.24, 2.45) is 0 Å². The maximum absolute atomic E-state index is 5.07. The highest BCUT2D eigenvalue weighted by Gasteiger charge is 1.99. The lowest BCUT2D eigenvalue weighted by atomic mass is 10.4. The molecule has 0 radical (unpaired) electrons. The third-order valence-corrected chi connectivity index (χ3v) is 2.05. The van der Waals surface area contributed by atoms with Crippen LogP contribution in [0.5, 0.6) is 0 Å². The summed E-state index contributed by atoms with van der Waals surface area (Å²) in [5.41, 5.74) is 0.916. The Balaban J connectivity index is 1.67. The van der Waals surface area contributed by atoms with E-state index in [2.05, 4.69) is 15.6 Å². The Labute approximate surface area is 88.1 Å². The lowest BCUT2D eigenvalue weighted by molar-refractivity contribution is 0.368. The van der Waals surface area contributed by atoms with Gasteiger partial charge >= 0.3 is 0 Å². The molecule has 0 aliphatic carbocycles. The van der Waals surface area contributed by atoms with Gasteiger partial charge in [0.15, 0.2) is 5.76 Å². The number of hydrogen-bond acceptors (Lipinski definition) is 4. The van der Waals surface area contributed by atoms with Gasteiger partial charge in [0.2, 0.25) is 0 Å². The minimum Gasteiger partial charge on any atom is -0.360 e. The quantitative estimate of drug-likeness (QED) is 0.740. The molecule has 0 saturated carbocycles. The van der Waals surface area contributed by atoms with Gasteiger partial charge in [-0.1, -0.05) is 5.16 Å². The molecule has 15 heavy (non-hydrogen) atoms. The molecule has 2 heterocycles. The molecule has 2 aromatic rings. The smallest absolute Gasteiger partial charge is 0.150 e. The molecule has 0 aliphatic rings.